The Hall–Kier alpha value is -0.220. The zero-order valence-electron chi connectivity index (χ0n) is 8.19. The zero-order valence-corrected chi connectivity index (χ0v) is 9.01. The van der Waals surface area contributed by atoms with Crippen molar-refractivity contribution in [2.75, 3.05) is 19.3 Å². The quantitative estimate of drug-likeness (QED) is 0.750. The van der Waals surface area contributed by atoms with Gasteiger partial charge in [0.15, 0.2) is 0 Å². The van der Waals surface area contributed by atoms with Crippen LogP contribution in [0.5, 0.6) is 0 Å². The van der Waals surface area contributed by atoms with Crippen LogP contribution in [0.1, 0.15) is 19.8 Å². The smallest absolute Gasteiger partial charge is 0.320 e. The number of hydrogen-bond acceptors (Lipinski definition) is 3. The van der Waals surface area contributed by atoms with Gasteiger partial charge in [-0.3, -0.25) is 9.69 Å². The number of thioether (sulfide) groups is 1. The Kier molecular flexibility index (Phi) is 4.06. The van der Waals surface area contributed by atoms with Gasteiger partial charge in [0.25, 0.3) is 0 Å². The molecule has 0 aliphatic carbocycles. The van der Waals surface area contributed by atoms with Crippen molar-refractivity contribution in [3.63, 3.8) is 0 Å². The molecule has 1 fully saturated rings. The predicted molar refractivity (Wildman–Crippen MR) is 55.2 cm³/mol. The Bertz CT molecular complexity index is 178. The third-order valence-electron chi connectivity index (χ3n) is 2.72. The Morgan fingerprint density at radius 3 is 2.46 bits per heavy atom. The molecule has 1 atom stereocenters. The van der Waals surface area contributed by atoms with Crippen LogP contribution >= 0.6 is 11.8 Å². The number of hydrogen-bond donors (Lipinski definition) is 1. The summed E-state index contributed by atoms with van der Waals surface area (Å²) in [7, 11) is 0. The monoisotopic (exact) mass is 203 g/mol. The van der Waals surface area contributed by atoms with Crippen LogP contribution in [0.3, 0.4) is 0 Å². The van der Waals surface area contributed by atoms with Gasteiger partial charge >= 0.3 is 5.97 Å². The molecular weight excluding hydrogens is 186 g/mol. The largest absolute Gasteiger partial charge is 0.480 e. The van der Waals surface area contributed by atoms with Crippen LogP contribution in [-0.4, -0.2) is 46.6 Å². The van der Waals surface area contributed by atoms with Crippen molar-refractivity contribution in [2.45, 2.75) is 31.1 Å². The first kappa shape index (κ1) is 10.9. The SMILES string of the molecule is CSC1CCN(C(C)C(=O)O)CC1. The van der Waals surface area contributed by atoms with Gasteiger partial charge in [-0.2, -0.15) is 11.8 Å². The molecule has 1 unspecified atom stereocenters. The summed E-state index contributed by atoms with van der Waals surface area (Å²) in [5.74, 6) is -0.706. The predicted octanol–water partition coefficient (Wildman–Crippen LogP) is 1.29. The highest BCUT2D eigenvalue weighted by Gasteiger charge is 2.25. The molecule has 0 radical (unpaired) electrons. The minimum Gasteiger partial charge on any atom is -0.480 e. The minimum absolute atomic E-state index is 0.317. The third kappa shape index (κ3) is 2.88. The van der Waals surface area contributed by atoms with E-state index in [-0.39, 0.29) is 6.04 Å². The lowest BCUT2D eigenvalue weighted by Gasteiger charge is -2.33. The molecule has 0 aromatic rings. The van der Waals surface area contributed by atoms with E-state index in [4.69, 9.17) is 5.11 Å². The number of nitrogens with zero attached hydrogens (tertiary/aromatic N) is 1. The second-order valence-corrected chi connectivity index (χ2v) is 4.62. The maximum Gasteiger partial charge on any atom is 0.320 e. The highest BCUT2D eigenvalue weighted by molar-refractivity contribution is 7.99. The van der Waals surface area contributed by atoms with Gasteiger partial charge in [0.1, 0.15) is 6.04 Å². The molecule has 1 heterocycles. The van der Waals surface area contributed by atoms with E-state index >= 15 is 0 Å². The van der Waals surface area contributed by atoms with Crippen LogP contribution < -0.4 is 0 Å². The number of carbonyl (C=O) groups is 1. The summed E-state index contributed by atoms with van der Waals surface area (Å²) < 4.78 is 0. The topological polar surface area (TPSA) is 40.5 Å². The van der Waals surface area contributed by atoms with Crippen molar-refractivity contribution in [1.82, 2.24) is 4.90 Å². The lowest BCUT2D eigenvalue weighted by molar-refractivity contribution is -0.142. The van der Waals surface area contributed by atoms with Crippen molar-refractivity contribution in [2.24, 2.45) is 0 Å². The number of piperidine rings is 1. The molecule has 1 saturated heterocycles. The Labute approximate surface area is 83.5 Å². The molecule has 3 nitrogen and oxygen atoms in total. The highest BCUT2D eigenvalue weighted by atomic mass is 32.2. The maximum absolute atomic E-state index is 10.7. The second-order valence-electron chi connectivity index (χ2n) is 3.49. The van der Waals surface area contributed by atoms with Gasteiger partial charge in [0, 0.05) is 18.3 Å². The van der Waals surface area contributed by atoms with Crippen LogP contribution in [0.15, 0.2) is 0 Å². The fourth-order valence-electron chi connectivity index (χ4n) is 1.65. The van der Waals surface area contributed by atoms with Gasteiger partial charge in [0.05, 0.1) is 0 Å². The van der Waals surface area contributed by atoms with E-state index in [0.29, 0.717) is 0 Å². The molecule has 13 heavy (non-hydrogen) atoms. The molecule has 0 spiro atoms. The van der Waals surface area contributed by atoms with Gasteiger partial charge in [-0.05, 0) is 26.0 Å². The number of carboxylic acids is 1. The van der Waals surface area contributed by atoms with Crippen LogP contribution in [0.25, 0.3) is 0 Å². The summed E-state index contributed by atoms with van der Waals surface area (Å²) in [6.07, 6.45) is 4.37. The maximum atomic E-state index is 10.7. The minimum atomic E-state index is -0.706. The molecule has 0 bridgehead atoms. The van der Waals surface area contributed by atoms with Gasteiger partial charge in [0.2, 0.25) is 0 Å². The first-order valence-corrected chi connectivity index (χ1v) is 5.93. The van der Waals surface area contributed by atoms with Crippen LogP contribution in [-0.2, 0) is 4.79 Å². The summed E-state index contributed by atoms with van der Waals surface area (Å²) in [4.78, 5) is 12.8. The van der Waals surface area contributed by atoms with Crippen LogP contribution in [0.4, 0.5) is 0 Å². The first-order valence-electron chi connectivity index (χ1n) is 4.64. The summed E-state index contributed by atoms with van der Waals surface area (Å²) in [5, 5.41) is 9.54. The molecule has 0 saturated carbocycles. The van der Waals surface area contributed by atoms with Crippen LogP contribution in [0.2, 0.25) is 0 Å². The number of carboxylic acid groups (broad SMARTS) is 1. The molecule has 1 aliphatic rings. The molecule has 0 aromatic heterocycles. The average Bonchev–Trinajstić information content (AvgIpc) is 2.17. The lowest BCUT2D eigenvalue weighted by atomic mass is 10.1. The Morgan fingerprint density at radius 1 is 1.54 bits per heavy atom. The highest BCUT2D eigenvalue weighted by Crippen LogP contribution is 2.21. The molecule has 4 heteroatoms. The molecule has 0 amide bonds. The van der Waals surface area contributed by atoms with Crippen molar-refractivity contribution >= 4 is 17.7 Å². The normalized spacial score (nSPS) is 22.9. The lowest BCUT2D eigenvalue weighted by Crippen LogP contribution is -2.44. The summed E-state index contributed by atoms with van der Waals surface area (Å²) in [6, 6.07) is -0.317. The second kappa shape index (κ2) is 4.86. The molecule has 76 valence electrons. The molecule has 1 N–H and O–H groups in total. The van der Waals surface area contributed by atoms with E-state index in [9.17, 15) is 4.79 Å². The van der Waals surface area contributed by atoms with Gasteiger partial charge < -0.3 is 5.11 Å². The molecule has 0 aromatic carbocycles. The molecular formula is C9H17NO2S. The van der Waals surface area contributed by atoms with Crippen molar-refractivity contribution < 1.29 is 9.90 Å². The standard InChI is InChI=1S/C9H17NO2S/c1-7(9(11)12)10-5-3-8(13-2)4-6-10/h7-8H,3-6H2,1-2H3,(H,11,12). The third-order valence-corrected chi connectivity index (χ3v) is 3.85. The average molecular weight is 203 g/mol. The zero-order chi connectivity index (χ0) is 9.84. The summed E-state index contributed by atoms with van der Waals surface area (Å²) >= 11 is 1.89. The summed E-state index contributed by atoms with van der Waals surface area (Å²) in [5.41, 5.74) is 0. The number of likely N-dealkylation sites (tertiary alicyclic amines) is 1. The number of rotatable bonds is 3. The van der Waals surface area contributed by atoms with E-state index in [1.54, 1.807) is 6.92 Å². The molecule has 1 rings (SSSR count). The van der Waals surface area contributed by atoms with Crippen molar-refractivity contribution in [1.29, 1.82) is 0 Å². The van der Waals surface area contributed by atoms with E-state index in [0.717, 1.165) is 31.2 Å². The fraction of sp³-hybridized carbons (Fsp3) is 0.889. The van der Waals surface area contributed by atoms with E-state index in [1.165, 1.54) is 0 Å². The van der Waals surface area contributed by atoms with Crippen molar-refractivity contribution in [3.8, 4) is 0 Å². The Balaban J connectivity index is 2.36. The van der Waals surface area contributed by atoms with Gasteiger partial charge in [-0.15, -0.1) is 0 Å². The fourth-order valence-corrected chi connectivity index (χ4v) is 2.34. The Morgan fingerprint density at radius 2 is 2.08 bits per heavy atom. The van der Waals surface area contributed by atoms with Gasteiger partial charge in [-0.1, -0.05) is 0 Å². The van der Waals surface area contributed by atoms with E-state index < -0.39 is 5.97 Å². The van der Waals surface area contributed by atoms with Crippen LogP contribution in [0, 0.1) is 0 Å². The van der Waals surface area contributed by atoms with Crippen molar-refractivity contribution in [3.05, 3.63) is 0 Å². The van der Waals surface area contributed by atoms with E-state index in [2.05, 4.69) is 11.2 Å². The number of aliphatic carboxylic acids is 1. The van der Waals surface area contributed by atoms with E-state index in [1.807, 2.05) is 11.8 Å². The summed E-state index contributed by atoms with van der Waals surface area (Å²) in [6.45, 7) is 3.62. The molecule has 1 aliphatic heterocycles. The van der Waals surface area contributed by atoms with Gasteiger partial charge in [-0.25, -0.2) is 0 Å². The first-order chi connectivity index (χ1) is 6.15.